The monoisotopic (exact) mass is 141 g/mol. The predicted octanol–water partition coefficient (Wildman–Crippen LogP) is 0.653. The molecule has 2 rings (SSSR count). The van der Waals surface area contributed by atoms with Crippen LogP contribution in [0.25, 0.3) is 0 Å². The van der Waals surface area contributed by atoms with Gasteiger partial charge in [0.15, 0.2) is 0 Å². The Hall–Kier alpha value is -0.0800. The van der Waals surface area contributed by atoms with Gasteiger partial charge in [-0.05, 0) is 32.1 Å². The topological polar surface area (TPSA) is 32.3 Å². The minimum absolute atomic E-state index is 0.321. The molecule has 2 N–H and O–H groups in total. The lowest BCUT2D eigenvalue weighted by molar-refractivity contribution is 0.184. The van der Waals surface area contributed by atoms with Crippen molar-refractivity contribution in [2.24, 2.45) is 0 Å². The number of hydrogen-bond donors (Lipinski definition) is 2. The second-order valence-corrected chi connectivity index (χ2v) is 3.70. The molecule has 2 fully saturated rings. The SMILES string of the molecule is OCC1CCC2(CCC2)N1. The van der Waals surface area contributed by atoms with Crippen molar-refractivity contribution < 1.29 is 5.11 Å². The molecule has 0 aromatic carbocycles. The molecule has 0 bridgehead atoms. The van der Waals surface area contributed by atoms with Gasteiger partial charge >= 0.3 is 0 Å². The molecule has 1 heterocycles. The zero-order chi connectivity index (χ0) is 7.03. The molecule has 2 nitrogen and oxygen atoms in total. The Morgan fingerprint density at radius 2 is 2.20 bits per heavy atom. The standard InChI is InChI=1S/C8H15NO/c10-6-7-2-5-8(9-7)3-1-4-8/h7,9-10H,1-6H2. The van der Waals surface area contributed by atoms with Crippen molar-refractivity contribution >= 4 is 0 Å². The van der Waals surface area contributed by atoms with E-state index < -0.39 is 0 Å². The van der Waals surface area contributed by atoms with Gasteiger partial charge in [-0.25, -0.2) is 0 Å². The van der Waals surface area contributed by atoms with E-state index in [1.54, 1.807) is 0 Å². The van der Waals surface area contributed by atoms with Gasteiger partial charge in [0.1, 0.15) is 0 Å². The quantitative estimate of drug-likeness (QED) is 0.562. The van der Waals surface area contributed by atoms with Crippen LogP contribution < -0.4 is 5.32 Å². The highest BCUT2D eigenvalue weighted by molar-refractivity contribution is 5.02. The lowest BCUT2D eigenvalue weighted by Crippen LogP contribution is -2.49. The van der Waals surface area contributed by atoms with Crippen LogP contribution in [-0.2, 0) is 0 Å². The summed E-state index contributed by atoms with van der Waals surface area (Å²) in [5.41, 5.74) is 0.480. The summed E-state index contributed by atoms with van der Waals surface area (Å²) in [5.74, 6) is 0. The van der Waals surface area contributed by atoms with Gasteiger partial charge in [0.2, 0.25) is 0 Å². The van der Waals surface area contributed by atoms with Gasteiger partial charge in [-0.2, -0.15) is 0 Å². The van der Waals surface area contributed by atoms with Gasteiger partial charge in [-0.15, -0.1) is 0 Å². The molecule has 0 aromatic rings. The molecule has 0 amide bonds. The molecule has 1 saturated carbocycles. The summed E-state index contributed by atoms with van der Waals surface area (Å²) in [5, 5.41) is 12.4. The van der Waals surface area contributed by atoms with E-state index in [0.29, 0.717) is 18.2 Å². The van der Waals surface area contributed by atoms with Crippen LogP contribution in [0.1, 0.15) is 32.1 Å². The maximum absolute atomic E-state index is 8.86. The molecule has 1 aliphatic heterocycles. The van der Waals surface area contributed by atoms with E-state index >= 15 is 0 Å². The molecule has 2 aliphatic rings. The third-order valence-corrected chi connectivity index (χ3v) is 3.01. The van der Waals surface area contributed by atoms with Crippen LogP contribution in [0, 0.1) is 0 Å². The van der Waals surface area contributed by atoms with Gasteiger partial charge < -0.3 is 10.4 Å². The van der Waals surface area contributed by atoms with Crippen molar-refractivity contribution in [3.05, 3.63) is 0 Å². The maximum atomic E-state index is 8.86. The molecule has 1 aliphatic carbocycles. The second kappa shape index (κ2) is 2.21. The van der Waals surface area contributed by atoms with E-state index in [2.05, 4.69) is 5.32 Å². The average molecular weight is 141 g/mol. The van der Waals surface area contributed by atoms with E-state index in [4.69, 9.17) is 5.11 Å². The van der Waals surface area contributed by atoms with Crippen LogP contribution in [0.2, 0.25) is 0 Å². The van der Waals surface area contributed by atoms with Crippen LogP contribution in [0.15, 0.2) is 0 Å². The van der Waals surface area contributed by atoms with Crippen LogP contribution in [0.3, 0.4) is 0 Å². The van der Waals surface area contributed by atoms with E-state index in [0.717, 1.165) is 0 Å². The highest BCUT2D eigenvalue weighted by Crippen LogP contribution is 2.40. The molecule has 1 atom stereocenters. The first kappa shape index (κ1) is 6.62. The Balaban J connectivity index is 1.92. The zero-order valence-corrected chi connectivity index (χ0v) is 6.27. The predicted molar refractivity (Wildman–Crippen MR) is 39.8 cm³/mol. The van der Waals surface area contributed by atoms with Crippen LogP contribution in [0.4, 0.5) is 0 Å². The number of nitrogens with one attached hydrogen (secondary N) is 1. The van der Waals surface area contributed by atoms with Crippen molar-refractivity contribution in [3.63, 3.8) is 0 Å². The fourth-order valence-electron chi connectivity index (χ4n) is 2.16. The Morgan fingerprint density at radius 3 is 2.50 bits per heavy atom. The Labute approximate surface area is 61.6 Å². The van der Waals surface area contributed by atoms with Crippen LogP contribution >= 0.6 is 0 Å². The first-order valence-corrected chi connectivity index (χ1v) is 4.23. The minimum atomic E-state index is 0.321. The van der Waals surface area contributed by atoms with Gasteiger partial charge in [-0.3, -0.25) is 0 Å². The molecule has 1 unspecified atom stereocenters. The summed E-state index contributed by atoms with van der Waals surface area (Å²) >= 11 is 0. The van der Waals surface area contributed by atoms with Gasteiger partial charge in [-0.1, -0.05) is 0 Å². The second-order valence-electron chi connectivity index (χ2n) is 3.70. The number of rotatable bonds is 1. The molecule has 58 valence electrons. The number of aliphatic hydroxyl groups excluding tert-OH is 1. The third kappa shape index (κ3) is 0.867. The zero-order valence-electron chi connectivity index (χ0n) is 6.27. The Kier molecular flexibility index (Phi) is 1.46. The molecule has 0 radical (unpaired) electrons. The van der Waals surface area contributed by atoms with Gasteiger partial charge in [0.05, 0.1) is 6.61 Å². The van der Waals surface area contributed by atoms with Crippen molar-refractivity contribution in [2.45, 2.75) is 43.7 Å². The minimum Gasteiger partial charge on any atom is -0.395 e. The largest absolute Gasteiger partial charge is 0.395 e. The molecule has 1 saturated heterocycles. The van der Waals surface area contributed by atoms with E-state index in [1.807, 2.05) is 0 Å². The van der Waals surface area contributed by atoms with Gasteiger partial charge in [0.25, 0.3) is 0 Å². The Morgan fingerprint density at radius 1 is 1.40 bits per heavy atom. The Bertz CT molecular complexity index is 131. The molecule has 2 heteroatoms. The summed E-state index contributed by atoms with van der Waals surface area (Å²) in [6.45, 7) is 0.321. The maximum Gasteiger partial charge on any atom is 0.0584 e. The van der Waals surface area contributed by atoms with Crippen LogP contribution in [-0.4, -0.2) is 23.3 Å². The first-order valence-electron chi connectivity index (χ1n) is 4.23. The van der Waals surface area contributed by atoms with Crippen molar-refractivity contribution in [2.75, 3.05) is 6.61 Å². The molecule has 10 heavy (non-hydrogen) atoms. The summed E-state index contributed by atoms with van der Waals surface area (Å²) in [6.07, 6.45) is 6.52. The lowest BCUT2D eigenvalue weighted by atomic mass is 9.76. The first-order chi connectivity index (χ1) is 4.85. The van der Waals surface area contributed by atoms with Crippen molar-refractivity contribution in [1.82, 2.24) is 5.32 Å². The van der Waals surface area contributed by atoms with E-state index in [9.17, 15) is 0 Å². The normalized spacial score (nSPS) is 36.3. The molecular formula is C8H15NO. The lowest BCUT2D eigenvalue weighted by Gasteiger charge is -2.39. The van der Waals surface area contributed by atoms with Gasteiger partial charge in [0, 0.05) is 11.6 Å². The van der Waals surface area contributed by atoms with Crippen molar-refractivity contribution in [1.29, 1.82) is 0 Å². The van der Waals surface area contributed by atoms with E-state index in [-0.39, 0.29) is 0 Å². The number of aliphatic hydroxyl groups is 1. The third-order valence-electron chi connectivity index (χ3n) is 3.01. The number of hydrogen-bond acceptors (Lipinski definition) is 2. The highest BCUT2D eigenvalue weighted by Gasteiger charge is 2.42. The fraction of sp³-hybridized carbons (Fsp3) is 1.00. The molecule has 1 spiro atoms. The van der Waals surface area contributed by atoms with E-state index in [1.165, 1.54) is 32.1 Å². The van der Waals surface area contributed by atoms with Crippen molar-refractivity contribution in [3.8, 4) is 0 Å². The summed E-state index contributed by atoms with van der Waals surface area (Å²) in [7, 11) is 0. The smallest absolute Gasteiger partial charge is 0.0584 e. The van der Waals surface area contributed by atoms with Crippen LogP contribution in [0.5, 0.6) is 0 Å². The highest BCUT2D eigenvalue weighted by atomic mass is 16.3. The molecular weight excluding hydrogens is 126 g/mol. The summed E-state index contributed by atoms with van der Waals surface area (Å²) in [4.78, 5) is 0. The average Bonchev–Trinajstić information content (AvgIpc) is 2.29. The molecule has 0 aromatic heterocycles. The summed E-state index contributed by atoms with van der Waals surface area (Å²) in [6, 6.07) is 0.403. The summed E-state index contributed by atoms with van der Waals surface area (Å²) < 4.78 is 0. The fourth-order valence-corrected chi connectivity index (χ4v) is 2.16.